The first kappa shape index (κ1) is 9.65. The minimum Gasteiger partial charge on any atom is -0.324 e. The van der Waals surface area contributed by atoms with Gasteiger partial charge in [-0.15, -0.1) is 11.3 Å². The summed E-state index contributed by atoms with van der Waals surface area (Å²) in [6, 6.07) is 5.54. The van der Waals surface area contributed by atoms with Crippen LogP contribution < -0.4 is 5.73 Å². The van der Waals surface area contributed by atoms with E-state index < -0.39 is 0 Å². The number of thiophene rings is 1. The summed E-state index contributed by atoms with van der Waals surface area (Å²) < 4.78 is 1.09. The van der Waals surface area contributed by atoms with Crippen molar-refractivity contribution in [2.24, 2.45) is 5.73 Å². The Kier molecular flexibility index (Phi) is 2.54. The zero-order valence-corrected chi connectivity index (χ0v) is 8.86. The molecule has 0 saturated heterocycles. The molecule has 0 saturated carbocycles. The van der Waals surface area contributed by atoms with Crippen molar-refractivity contribution in [3.05, 3.63) is 34.2 Å². The maximum Gasteiger partial charge on any atom is 0.177 e. The Labute approximate surface area is 90.3 Å². The van der Waals surface area contributed by atoms with E-state index in [-0.39, 0.29) is 12.3 Å². The Morgan fingerprint density at radius 1 is 1.43 bits per heavy atom. The second kappa shape index (κ2) is 3.69. The van der Waals surface area contributed by atoms with Crippen LogP contribution >= 0.6 is 22.9 Å². The third-order valence-corrected chi connectivity index (χ3v) is 3.34. The summed E-state index contributed by atoms with van der Waals surface area (Å²) >= 11 is 7.69. The molecular formula is C10H8ClNOS. The number of halogens is 1. The van der Waals surface area contributed by atoms with Gasteiger partial charge in [0.2, 0.25) is 0 Å². The highest BCUT2D eigenvalue weighted by Gasteiger charge is 2.11. The van der Waals surface area contributed by atoms with E-state index in [4.69, 9.17) is 17.3 Å². The van der Waals surface area contributed by atoms with Gasteiger partial charge in [0.05, 0.1) is 11.6 Å². The predicted octanol–water partition coefficient (Wildman–Crippen LogP) is 2.70. The topological polar surface area (TPSA) is 43.1 Å². The fraction of sp³-hybridized carbons (Fsp3) is 0.100. The van der Waals surface area contributed by atoms with E-state index in [2.05, 4.69) is 0 Å². The average Bonchev–Trinajstić information content (AvgIpc) is 2.66. The van der Waals surface area contributed by atoms with Gasteiger partial charge in [-0.1, -0.05) is 11.6 Å². The van der Waals surface area contributed by atoms with Gasteiger partial charge in [-0.05, 0) is 23.6 Å². The van der Waals surface area contributed by atoms with E-state index in [1.54, 1.807) is 17.4 Å². The molecule has 0 aliphatic heterocycles. The Balaban J connectivity index is 2.67. The molecule has 0 aliphatic carbocycles. The molecule has 1 aromatic carbocycles. The zero-order chi connectivity index (χ0) is 10.1. The smallest absolute Gasteiger partial charge is 0.177 e. The standard InChI is InChI=1S/C10H8ClNOS/c11-10-6(8(13)5-12)1-2-9-7(10)3-4-14-9/h1-4H,5,12H2. The Hall–Kier alpha value is -0.900. The summed E-state index contributed by atoms with van der Waals surface area (Å²) in [7, 11) is 0. The van der Waals surface area contributed by atoms with Crippen molar-refractivity contribution in [2.75, 3.05) is 6.54 Å². The predicted molar refractivity (Wildman–Crippen MR) is 60.2 cm³/mol. The average molecular weight is 226 g/mol. The molecule has 1 aromatic heterocycles. The second-order valence-corrected chi connectivity index (χ2v) is 4.21. The van der Waals surface area contributed by atoms with Crippen LogP contribution in [0.1, 0.15) is 10.4 Å². The highest BCUT2D eigenvalue weighted by atomic mass is 35.5. The number of rotatable bonds is 2. The zero-order valence-electron chi connectivity index (χ0n) is 7.29. The summed E-state index contributed by atoms with van der Waals surface area (Å²) in [6.45, 7) is -0.00460. The third kappa shape index (κ3) is 1.43. The lowest BCUT2D eigenvalue weighted by molar-refractivity contribution is 0.100. The molecular weight excluding hydrogens is 218 g/mol. The maximum absolute atomic E-state index is 11.4. The van der Waals surface area contributed by atoms with E-state index >= 15 is 0 Å². The van der Waals surface area contributed by atoms with E-state index in [0.717, 1.165) is 10.1 Å². The van der Waals surface area contributed by atoms with Crippen LogP contribution in [-0.2, 0) is 0 Å². The van der Waals surface area contributed by atoms with Gasteiger partial charge in [-0.25, -0.2) is 0 Å². The summed E-state index contributed by atoms with van der Waals surface area (Å²) in [5.74, 6) is -0.122. The van der Waals surface area contributed by atoms with Gasteiger partial charge in [-0.2, -0.15) is 0 Å². The molecule has 2 aromatic rings. The van der Waals surface area contributed by atoms with Crippen LogP contribution in [0.25, 0.3) is 10.1 Å². The van der Waals surface area contributed by atoms with Gasteiger partial charge in [0.25, 0.3) is 0 Å². The number of carbonyl (C=O) groups excluding carboxylic acids is 1. The Morgan fingerprint density at radius 3 is 2.93 bits per heavy atom. The summed E-state index contributed by atoms with van der Waals surface area (Å²) in [5, 5.41) is 3.39. The van der Waals surface area contributed by atoms with Gasteiger partial charge >= 0.3 is 0 Å². The van der Waals surface area contributed by atoms with Gasteiger partial charge in [0, 0.05) is 15.6 Å². The van der Waals surface area contributed by atoms with Crippen molar-refractivity contribution in [3.63, 3.8) is 0 Å². The Morgan fingerprint density at radius 2 is 2.21 bits per heavy atom. The molecule has 0 aliphatic rings. The minimum atomic E-state index is -0.122. The molecule has 1 heterocycles. The number of carbonyl (C=O) groups is 1. The van der Waals surface area contributed by atoms with Crippen molar-refractivity contribution in [1.29, 1.82) is 0 Å². The molecule has 0 atom stereocenters. The molecule has 14 heavy (non-hydrogen) atoms. The highest BCUT2D eigenvalue weighted by molar-refractivity contribution is 7.17. The van der Waals surface area contributed by atoms with E-state index in [1.165, 1.54) is 0 Å². The van der Waals surface area contributed by atoms with E-state index in [9.17, 15) is 4.79 Å². The number of fused-ring (bicyclic) bond motifs is 1. The first-order chi connectivity index (χ1) is 6.74. The van der Waals surface area contributed by atoms with Crippen LogP contribution in [0.2, 0.25) is 5.02 Å². The number of hydrogen-bond acceptors (Lipinski definition) is 3. The van der Waals surface area contributed by atoms with Crippen molar-refractivity contribution in [2.45, 2.75) is 0 Å². The molecule has 0 radical (unpaired) electrons. The molecule has 4 heteroatoms. The quantitative estimate of drug-likeness (QED) is 0.799. The normalized spacial score (nSPS) is 10.7. The van der Waals surface area contributed by atoms with Gasteiger partial charge < -0.3 is 5.73 Å². The molecule has 0 spiro atoms. The van der Waals surface area contributed by atoms with Crippen LogP contribution in [0, 0.1) is 0 Å². The molecule has 72 valence electrons. The summed E-state index contributed by atoms with van der Waals surface area (Å²) in [5.41, 5.74) is 5.80. The molecule has 0 bridgehead atoms. The lowest BCUT2D eigenvalue weighted by Gasteiger charge is -2.02. The summed E-state index contributed by atoms with van der Waals surface area (Å²) in [4.78, 5) is 11.4. The lowest BCUT2D eigenvalue weighted by Crippen LogP contribution is -2.13. The molecule has 0 unspecified atom stereocenters. The van der Waals surface area contributed by atoms with Crippen LogP contribution in [0.3, 0.4) is 0 Å². The SMILES string of the molecule is NCC(=O)c1ccc2sccc2c1Cl. The van der Waals surface area contributed by atoms with Crippen molar-refractivity contribution >= 4 is 38.8 Å². The van der Waals surface area contributed by atoms with Gasteiger partial charge in [0.15, 0.2) is 5.78 Å². The van der Waals surface area contributed by atoms with Crippen molar-refractivity contribution in [1.82, 2.24) is 0 Å². The number of benzene rings is 1. The largest absolute Gasteiger partial charge is 0.324 e. The second-order valence-electron chi connectivity index (χ2n) is 2.89. The number of ketones is 1. The first-order valence-electron chi connectivity index (χ1n) is 4.13. The van der Waals surface area contributed by atoms with Crippen molar-refractivity contribution < 1.29 is 4.79 Å². The number of nitrogens with two attached hydrogens (primary N) is 1. The summed E-state index contributed by atoms with van der Waals surface area (Å²) in [6.07, 6.45) is 0. The number of hydrogen-bond donors (Lipinski definition) is 1. The van der Waals surface area contributed by atoms with Crippen LogP contribution in [-0.4, -0.2) is 12.3 Å². The maximum atomic E-state index is 11.4. The van der Waals surface area contributed by atoms with Crippen molar-refractivity contribution in [3.8, 4) is 0 Å². The van der Waals surface area contributed by atoms with Gasteiger partial charge in [0.1, 0.15) is 0 Å². The first-order valence-corrected chi connectivity index (χ1v) is 5.39. The Bertz CT molecular complexity index is 492. The van der Waals surface area contributed by atoms with Crippen LogP contribution in [0.15, 0.2) is 23.6 Å². The molecule has 2 N–H and O–H groups in total. The fourth-order valence-electron chi connectivity index (χ4n) is 1.33. The molecule has 0 fully saturated rings. The molecule has 2 nitrogen and oxygen atoms in total. The number of Topliss-reactive ketones (excluding diaryl/α,β-unsaturated/α-hetero) is 1. The van der Waals surface area contributed by atoms with Crippen LogP contribution in [0.4, 0.5) is 0 Å². The third-order valence-electron chi connectivity index (χ3n) is 2.06. The molecule has 0 amide bonds. The fourth-order valence-corrected chi connectivity index (χ4v) is 2.52. The van der Waals surface area contributed by atoms with Gasteiger partial charge in [-0.3, -0.25) is 4.79 Å². The molecule has 2 rings (SSSR count). The van der Waals surface area contributed by atoms with E-state index in [0.29, 0.717) is 10.6 Å². The highest BCUT2D eigenvalue weighted by Crippen LogP contribution is 2.30. The van der Waals surface area contributed by atoms with Crippen LogP contribution in [0.5, 0.6) is 0 Å². The minimum absolute atomic E-state index is 0.00460. The van der Waals surface area contributed by atoms with E-state index in [1.807, 2.05) is 17.5 Å². The monoisotopic (exact) mass is 225 g/mol. The lowest BCUT2D eigenvalue weighted by atomic mass is 10.1.